The number of halogens is 6. The molecular weight excluding hydrogens is 279 g/mol. The van der Waals surface area contributed by atoms with E-state index in [1.807, 2.05) is 0 Å². The molecule has 0 aliphatic carbocycles. The van der Waals surface area contributed by atoms with Gasteiger partial charge in [0.2, 0.25) is 5.82 Å². The number of rotatable bonds is 5. The van der Waals surface area contributed by atoms with Crippen molar-refractivity contribution in [1.82, 2.24) is 0 Å². The summed E-state index contributed by atoms with van der Waals surface area (Å²) in [6.45, 7) is 0. The Labute approximate surface area is 105 Å². The van der Waals surface area contributed by atoms with Crippen molar-refractivity contribution in [3.8, 4) is 0 Å². The first-order valence-electron chi connectivity index (χ1n) is 5.02. The molecule has 1 aromatic rings. The van der Waals surface area contributed by atoms with Gasteiger partial charge in [0.15, 0.2) is 29.1 Å². The lowest BCUT2D eigenvalue weighted by molar-refractivity contribution is 0.0968. The topological polar surface area (TPSA) is 17.1 Å². The molecule has 0 saturated carbocycles. The van der Waals surface area contributed by atoms with Crippen LogP contribution in [0, 0.1) is 29.1 Å². The fraction of sp³-hybridized carbons (Fsp3) is 0.364. The van der Waals surface area contributed by atoms with Crippen molar-refractivity contribution in [2.24, 2.45) is 0 Å². The average molecular weight is 287 g/mol. The molecule has 0 N–H and O–H groups in total. The first kappa shape index (κ1) is 14.9. The van der Waals surface area contributed by atoms with E-state index in [-0.39, 0.29) is 18.7 Å². The van der Waals surface area contributed by atoms with Gasteiger partial charge in [-0.2, -0.15) is 0 Å². The molecule has 0 heterocycles. The molecule has 0 radical (unpaired) electrons. The second kappa shape index (κ2) is 6.13. The second-order valence-electron chi connectivity index (χ2n) is 3.51. The molecule has 0 aliphatic rings. The van der Waals surface area contributed by atoms with Gasteiger partial charge in [-0.1, -0.05) is 0 Å². The average Bonchev–Trinajstić information content (AvgIpc) is 2.34. The summed E-state index contributed by atoms with van der Waals surface area (Å²) in [7, 11) is 0. The first-order valence-corrected chi connectivity index (χ1v) is 5.55. The smallest absolute Gasteiger partial charge is 0.200 e. The Hall–Kier alpha value is -1.17. The van der Waals surface area contributed by atoms with Crippen LogP contribution in [0.25, 0.3) is 0 Å². The summed E-state index contributed by atoms with van der Waals surface area (Å²) in [4.78, 5) is 11.4. The maximum Gasteiger partial charge on any atom is 0.200 e. The molecule has 18 heavy (non-hydrogen) atoms. The number of Topliss-reactive ketones (excluding diaryl/α,β-unsaturated/α-hetero) is 1. The molecule has 1 aromatic carbocycles. The molecule has 0 saturated heterocycles. The molecule has 100 valence electrons. The van der Waals surface area contributed by atoms with Crippen molar-refractivity contribution >= 4 is 17.4 Å². The number of unbranched alkanes of at least 4 members (excludes halogenated alkanes) is 1. The van der Waals surface area contributed by atoms with Gasteiger partial charge >= 0.3 is 0 Å². The van der Waals surface area contributed by atoms with Crippen molar-refractivity contribution in [2.75, 3.05) is 5.88 Å². The van der Waals surface area contributed by atoms with Crippen LogP contribution in [-0.2, 0) is 0 Å². The normalized spacial score (nSPS) is 10.8. The van der Waals surface area contributed by atoms with Crippen LogP contribution in [0.4, 0.5) is 22.0 Å². The molecule has 7 heteroatoms. The van der Waals surface area contributed by atoms with Gasteiger partial charge in [-0.25, -0.2) is 22.0 Å². The van der Waals surface area contributed by atoms with Gasteiger partial charge in [-0.15, -0.1) is 11.6 Å². The minimum absolute atomic E-state index is 0.210. The highest BCUT2D eigenvalue weighted by molar-refractivity contribution is 6.17. The minimum Gasteiger partial charge on any atom is -0.294 e. The van der Waals surface area contributed by atoms with Crippen LogP contribution < -0.4 is 0 Å². The van der Waals surface area contributed by atoms with E-state index >= 15 is 0 Å². The maximum atomic E-state index is 13.2. The SMILES string of the molecule is O=C(CCCCCl)c1c(F)c(F)c(F)c(F)c1F. The third-order valence-electron chi connectivity index (χ3n) is 2.28. The fourth-order valence-electron chi connectivity index (χ4n) is 1.35. The van der Waals surface area contributed by atoms with Gasteiger partial charge in [0.05, 0.1) is 5.56 Å². The highest BCUT2D eigenvalue weighted by Crippen LogP contribution is 2.24. The van der Waals surface area contributed by atoms with Crippen LogP contribution in [0.15, 0.2) is 0 Å². The summed E-state index contributed by atoms with van der Waals surface area (Å²) in [6, 6.07) is 0. The summed E-state index contributed by atoms with van der Waals surface area (Å²) in [5, 5.41) is 0. The fourth-order valence-corrected chi connectivity index (χ4v) is 1.54. The van der Waals surface area contributed by atoms with Crippen LogP contribution in [0.3, 0.4) is 0 Å². The standard InChI is InChI=1S/C11H8ClF5O/c12-4-2-1-3-5(18)6-7(13)9(15)11(17)10(16)8(6)14/h1-4H2. The van der Waals surface area contributed by atoms with E-state index in [2.05, 4.69) is 0 Å². The summed E-state index contributed by atoms with van der Waals surface area (Å²) < 4.78 is 64.7. The van der Waals surface area contributed by atoms with Crippen LogP contribution in [-0.4, -0.2) is 11.7 Å². The molecule has 0 aliphatic heterocycles. The van der Waals surface area contributed by atoms with Gasteiger partial charge in [-0.05, 0) is 12.8 Å². The molecule has 0 spiro atoms. The lowest BCUT2D eigenvalue weighted by Crippen LogP contribution is -2.12. The number of carbonyl (C=O) groups is 1. The van der Waals surface area contributed by atoms with E-state index in [1.54, 1.807) is 0 Å². The first-order chi connectivity index (χ1) is 8.41. The minimum atomic E-state index is -2.28. The molecule has 0 unspecified atom stereocenters. The molecule has 0 aromatic heterocycles. The van der Waals surface area contributed by atoms with Crippen LogP contribution in [0.1, 0.15) is 29.6 Å². The monoisotopic (exact) mass is 286 g/mol. The molecule has 0 atom stereocenters. The molecule has 0 amide bonds. The van der Waals surface area contributed by atoms with E-state index in [0.717, 1.165) is 0 Å². The molecule has 1 nitrogen and oxygen atoms in total. The second-order valence-corrected chi connectivity index (χ2v) is 3.89. The summed E-state index contributed by atoms with van der Waals surface area (Å²) in [5.41, 5.74) is -1.39. The summed E-state index contributed by atoms with van der Waals surface area (Å²) >= 11 is 5.34. The van der Waals surface area contributed by atoms with Crippen molar-refractivity contribution in [2.45, 2.75) is 19.3 Å². The highest BCUT2D eigenvalue weighted by Gasteiger charge is 2.29. The Morgan fingerprint density at radius 3 is 1.72 bits per heavy atom. The van der Waals surface area contributed by atoms with Crippen molar-refractivity contribution in [3.63, 3.8) is 0 Å². The Kier molecular flexibility index (Phi) is 5.07. The highest BCUT2D eigenvalue weighted by atomic mass is 35.5. The van der Waals surface area contributed by atoms with E-state index in [1.165, 1.54) is 0 Å². The van der Waals surface area contributed by atoms with Crippen LogP contribution in [0.2, 0.25) is 0 Å². The van der Waals surface area contributed by atoms with Crippen molar-refractivity contribution in [1.29, 1.82) is 0 Å². The van der Waals surface area contributed by atoms with Gasteiger partial charge in [-0.3, -0.25) is 4.79 Å². The Morgan fingerprint density at radius 1 is 0.833 bits per heavy atom. The number of benzene rings is 1. The lowest BCUT2D eigenvalue weighted by Gasteiger charge is -2.06. The number of hydrogen-bond donors (Lipinski definition) is 0. The van der Waals surface area contributed by atoms with Gasteiger partial charge in [0, 0.05) is 12.3 Å². The molecule has 0 bridgehead atoms. The van der Waals surface area contributed by atoms with Crippen LogP contribution >= 0.6 is 11.6 Å². The van der Waals surface area contributed by atoms with Gasteiger partial charge in [0.25, 0.3) is 0 Å². The zero-order chi connectivity index (χ0) is 13.9. The maximum absolute atomic E-state index is 13.2. The zero-order valence-electron chi connectivity index (χ0n) is 9.00. The molecule has 1 rings (SSSR count). The van der Waals surface area contributed by atoms with E-state index in [0.29, 0.717) is 6.42 Å². The third-order valence-corrected chi connectivity index (χ3v) is 2.54. The Bertz CT molecular complexity index is 446. The van der Waals surface area contributed by atoms with Crippen LogP contribution in [0.5, 0.6) is 0 Å². The summed E-state index contributed by atoms with van der Waals surface area (Å²) in [5.74, 6) is -11.6. The largest absolute Gasteiger partial charge is 0.294 e. The number of alkyl halides is 1. The third kappa shape index (κ3) is 2.80. The predicted octanol–water partition coefficient (Wildman–Crippen LogP) is 3.97. The number of carbonyl (C=O) groups excluding carboxylic acids is 1. The predicted molar refractivity (Wildman–Crippen MR) is 55.1 cm³/mol. The number of hydrogen-bond acceptors (Lipinski definition) is 1. The summed E-state index contributed by atoms with van der Waals surface area (Å²) in [6.07, 6.45) is 0.287. The molecular formula is C11H8ClF5O. The Balaban J connectivity index is 3.13. The molecule has 0 fully saturated rings. The van der Waals surface area contributed by atoms with Gasteiger partial charge in [0.1, 0.15) is 0 Å². The Morgan fingerprint density at radius 2 is 1.28 bits per heavy atom. The van der Waals surface area contributed by atoms with E-state index < -0.39 is 40.4 Å². The van der Waals surface area contributed by atoms with Crippen molar-refractivity contribution in [3.05, 3.63) is 34.6 Å². The lowest BCUT2D eigenvalue weighted by atomic mass is 10.0. The number of ketones is 1. The zero-order valence-corrected chi connectivity index (χ0v) is 9.76. The van der Waals surface area contributed by atoms with E-state index in [9.17, 15) is 26.7 Å². The van der Waals surface area contributed by atoms with E-state index in [4.69, 9.17) is 11.6 Å². The van der Waals surface area contributed by atoms with Gasteiger partial charge < -0.3 is 0 Å². The quantitative estimate of drug-likeness (QED) is 0.200. The van der Waals surface area contributed by atoms with Crippen molar-refractivity contribution < 1.29 is 26.7 Å².